The van der Waals surface area contributed by atoms with Crippen LogP contribution in [0.2, 0.25) is 0 Å². The van der Waals surface area contributed by atoms with Gasteiger partial charge in [-0.15, -0.1) is 0 Å². The van der Waals surface area contributed by atoms with Crippen LogP contribution in [0.25, 0.3) is 0 Å². The van der Waals surface area contributed by atoms with Crippen molar-refractivity contribution in [3.63, 3.8) is 0 Å². The van der Waals surface area contributed by atoms with Gasteiger partial charge in [0.1, 0.15) is 12.1 Å². The summed E-state index contributed by atoms with van der Waals surface area (Å²) < 4.78 is 0. The topological polar surface area (TPSA) is 47.6 Å². The standard InChI is InChI=1S/C32H40N2/c1-3-5-6-16-31-17-20-32(21-18-31,22-19-31)28-14-9-25(10-15-28)8-11-27-13-12-26(7-4-2)29(23-33)30(27)24-34/h9-10,12-15H,3-8,11,16-22H2,1-2H3. The molecule has 3 aliphatic rings. The Labute approximate surface area is 207 Å². The third kappa shape index (κ3) is 4.93. The van der Waals surface area contributed by atoms with Crippen molar-refractivity contribution in [1.29, 1.82) is 10.5 Å². The summed E-state index contributed by atoms with van der Waals surface area (Å²) in [6.07, 6.45) is 17.5. The zero-order valence-corrected chi connectivity index (χ0v) is 21.3. The van der Waals surface area contributed by atoms with Crippen LogP contribution in [0, 0.1) is 28.1 Å². The monoisotopic (exact) mass is 452 g/mol. The van der Waals surface area contributed by atoms with E-state index in [4.69, 9.17) is 0 Å². The number of fused-ring (bicyclic) bond motifs is 3. The maximum absolute atomic E-state index is 9.74. The Balaban J connectivity index is 1.40. The second kappa shape index (κ2) is 10.8. The van der Waals surface area contributed by atoms with Crippen molar-refractivity contribution in [3.05, 3.63) is 69.8 Å². The van der Waals surface area contributed by atoms with Crippen molar-refractivity contribution in [2.45, 2.75) is 109 Å². The van der Waals surface area contributed by atoms with Gasteiger partial charge in [-0.1, -0.05) is 75.9 Å². The molecule has 0 atom stereocenters. The van der Waals surface area contributed by atoms with E-state index in [0.717, 1.165) is 36.8 Å². The van der Waals surface area contributed by atoms with Gasteiger partial charge in [0.25, 0.3) is 0 Å². The first-order valence-electron chi connectivity index (χ1n) is 13.6. The lowest BCUT2D eigenvalue weighted by Gasteiger charge is -2.54. The van der Waals surface area contributed by atoms with Gasteiger partial charge in [0.15, 0.2) is 0 Å². The molecule has 178 valence electrons. The fourth-order valence-corrected chi connectivity index (χ4v) is 6.76. The highest BCUT2D eigenvalue weighted by Crippen LogP contribution is 2.59. The summed E-state index contributed by atoms with van der Waals surface area (Å²) in [5, 5.41) is 19.4. The predicted octanol–water partition coefficient (Wildman–Crippen LogP) is 8.34. The molecule has 2 aromatic carbocycles. The van der Waals surface area contributed by atoms with Crippen molar-refractivity contribution in [2.75, 3.05) is 0 Å². The van der Waals surface area contributed by atoms with E-state index in [2.05, 4.69) is 62.4 Å². The van der Waals surface area contributed by atoms with E-state index < -0.39 is 0 Å². The molecule has 2 heteroatoms. The number of nitrogens with zero attached hydrogens (tertiary/aromatic N) is 2. The molecule has 0 aromatic heterocycles. The van der Waals surface area contributed by atoms with Crippen LogP contribution < -0.4 is 0 Å². The van der Waals surface area contributed by atoms with Gasteiger partial charge in [-0.05, 0) is 97.3 Å². The normalized spacial score (nSPS) is 23.4. The van der Waals surface area contributed by atoms with Gasteiger partial charge in [-0.2, -0.15) is 10.5 Å². The lowest BCUT2D eigenvalue weighted by atomic mass is 9.51. The Bertz CT molecular complexity index is 1040. The SMILES string of the molecule is CCCCCC12CCC(c3ccc(CCc4ccc(CCC)c(C#N)c4C#N)cc3)(CC1)CC2. The van der Waals surface area contributed by atoms with Crippen LogP contribution in [0.1, 0.15) is 118 Å². The van der Waals surface area contributed by atoms with Crippen LogP contribution in [-0.2, 0) is 24.7 Å². The average Bonchev–Trinajstić information content (AvgIpc) is 2.89. The Hall–Kier alpha value is -2.58. The minimum absolute atomic E-state index is 0.413. The predicted molar refractivity (Wildman–Crippen MR) is 140 cm³/mol. The molecule has 0 N–H and O–H groups in total. The minimum atomic E-state index is 0.413. The van der Waals surface area contributed by atoms with E-state index in [0.29, 0.717) is 22.0 Å². The lowest BCUT2D eigenvalue weighted by Crippen LogP contribution is -2.44. The molecule has 5 rings (SSSR count). The maximum atomic E-state index is 9.74. The summed E-state index contributed by atoms with van der Waals surface area (Å²) in [4.78, 5) is 0. The molecule has 0 saturated heterocycles. The Morgan fingerprint density at radius 3 is 1.79 bits per heavy atom. The molecule has 0 amide bonds. The van der Waals surface area contributed by atoms with Gasteiger partial charge in [0, 0.05) is 0 Å². The summed E-state index contributed by atoms with van der Waals surface area (Å²) in [6.45, 7) is 4.41. The molecule has 2 aromatic rings. The maximum Gasteiger partial charge on any atom is 0.101 e. The molecule has 2 nitrogen and oxygen atoms in total. The summed E-state index contributed by atoms with van der Waals surface area (Å²) in [5.41, 5.74) is 7.10. The molecule has 3 aliphatic carbocycles. The van der Waals surface area contributed by atoms with Crippen molar-refractivity contribution in [3.8, 4) is 12.1 Å². The van der Waals surface area contributed by atoms with E-state index in [1.807, 2.05) is 0 Å². The zero-order valence-electron chi connectivity index (χ0n) is 21.3. The number of rotatable bonds is 10. The van der Waals surface area contributed by atoms with E-state index in [9.17, 15) is 10.5 Å². The highest BCUT2D eigenvalue weighted by atomic mass is 14.5. The Kier molecular flexibility index (Phi) is 7.78. The highest BCUT2D eigenvalue weighted by molar-refractivity contribution is 5.55. The smallest absolute Gasteiger partial charge is 0.101 e. The zero-order chi connectivity index (χ0) is 24.0. The first kappa shape index (κ1) is 24.5. The highest BCUT2D eigenvalue weighted by Gasteiger charge is 2.48. The van der Waals surface area contributed by atoms with Crippen LogP contribution in [0.3, 0.4) is 0 Å². The molecule has 0 aliphatic heterocycles. The molecule has 3 fully saturated rings. The molecular formula is C32H40N2. The molecule has 0 radical (unpaired) electrons. The Morgan fingerprint density at radius 2 is 1.26 bits per heavy atom. The molecule has 34 heavy (non-hydrogen) atoms. The number of unbranched alkanes of at least 4 members (excludes halogenated alkanes) is 2. The van der Waals surface area contributed by atoms with Crippen LogP contribution in [-0.4, -0.2) is 0 Å². The Morgan fingerprint density at radius 1 is 0.676 bits per heavy atom. The van der Waals surface area contributed by atoms with Crippen molar-refractivity contribution < 1.29 is 0 Å². The molecule has 0 spiro atoms. The summed E-state index contributed by atoms with van der Waals surface area (Å²) in [7, 11) is 0. The first-order chi connectivity index (χ1) is 16.6. The van der Waals surface area contributed by atoms with Crippen LogP contribution in [0.4, 0.5) is 0 Å². The van der Waals surface area contributed by atoms with E-state index in [-0.39, 0.29) is 0 Å². The van der Waals surface area contributed by atoms with Crippen LogP contribution in [0.5, 0.6) is 0 Å². The summed E-state index contributed by atoms with van der Waals surface area (Å²) in [5.74, 6) is 0. The van der Waals surface area contributed by atoms with Crippen molar-refractivity contribution in [2.24, 2.45) is 5.41 Å². The summed E-state index contributed by atoms with van der Waals surface area (Å²) in [6, 6.07) is 18.1. The van der Waals surface area contributed by atoms with Crippen LogP contribution in [0.15, 0.2) is 36.4 Å². The van der Waals surface area contributed by atoms with Gasteiger partial charge in [0.2, 0.25) is 0 Å². The first-order valence-corrected chi connectivity index (χ1v) is 13.6. The number of benzene rings is 2. The molecule has 2 bridgehead atoms. The number of aryl methyl sites for hydroxylation is 3. The van der Waals surface area contributed by atoms with Gasteiger partial charge < -0.3 is 0 Å². The van der Waals surface area contributed by atoms with Crippen molar-refractivity contribution in [1.82, 2.24) is 0 Å². The van der Waals surface area contributed by atoms with Crippen LogP contribution >= 0.6 is 0 Å². The number of hydrogen-bond donors (Lipinski definition) is 0. The summed E-state index contributed by atoms with van der Waals surface area (Å²) >= 11 is 0. The molecule has 0 unspecified atom stereocenters. The minimum Gasteiger partial charge on any atom is -0.192 e. The quantitative estimate of drug-likeness (QED) is 0.340. The van der Waals surface area contributed by atoms with Gasteiger partial charge in [-0.3, -0.25) is 0 Å². The second-order valence-corrected chi connectivity index (χ2v) is 11.0. The molecular weight excluding hydrogens is 412 g/mol. The van der Waals surface area contributed by atoms with Gasteiger partial charge in [-0.25, -0.2) is 0 Å². The average molecular weight is 453 g/mol. The molecule has 3 saturated carbocycles. The number of hydrogen-bond acceptors (Lipinski definition) is 2. The fraction of sp³-hybridized carbons (Fsp3) is 0.562. The molecule has 0 heterocycles. The van der Waals surface area contributed by atoms with E-state index >= 15 is 0 Å². The van der Waals surface area contributed by atoms with Gasteiger partial charge >= 0.3 is 0 Å². The van der Waals surface area contributed by atoms with E-state index in [1.54, 1.807) is 5.56 Å². The second-order valence-electron chi connectivity index (χ2n) is 11.0. The van der Waals surface area contributed by atoms with Gasteiger partial charge in [0.05, 0.1) is 11.1 Å². The third-order valence-corrected chi connectivity index (χ3v) is 9.08. The number of nitriles is 2. The third-order valence-electron chi connectivity index (χ3n) is 9.08. The largest absolute Gasteiger partial charge is 0.192 e. The van der Waals surface area contributed by atoms with E-state index in [1.165, 1.54) is 69.8 Å². The van der Waals surface area contributed by atoms with Crippen molar-refractivity contribution >= 4 is 0 Å². The fourth-order valence-electron chi connectivity index (χ4n) is 6.76. The lowest BCUT2D eigenvalue weighted by molar-refractivity contribution is 0.0305.